The van der Waals surface area contributed by atoms with Crippen molar-refractivity contribution in [2.45, 2.75) is 25.8 Å². The molecule has 0 atom stereocenters. The van der Waals surface area contributed by atoms with Crippen LogP contribution in [0.1, 0.15) is 19.4 Å². The van der Waals surface area contributed by atoms with E-state index in [9.17, 15) is 0 Å². The number of hydrogen-bond donors (Lipinski definition) is 0. The Morgan fingerprint density at radius 3 is 2.62 bits per heavy atom. The standard InChI is InChI=1S/C10H12Cl2O/c1-7(2)13-10-5-3-4-9(12)8(10)6-11/h3-5,7H,6H2,1-2H3. The molecule has 0 fully saturated rings. The monoisotopic (exact) mass is 218 g/mol. The van der Waals surface area contributed by atoms with Crippen LogP contribution in [0.4, 0.5) is 0 Å². The van der Waals surface area contributed by atoms with Crippen molar-refractivity contribution in [3.63, 3.8) is 0 Å². The van der Waals surface area contributed by atoms with Crippen molar-refractivity contribution < 1.29 is 4.74 Å². The normalized spacial score (nSPS) is 10.5. The molecule has 0 saturated carbocycles. The first-order valence-electron chi connectivity index (χ1n) is 4.15. The molecule has 3 heteroatoms. The van der Waals surface area contributed by atoms with E-state index in [0.717, 1.165) is 11.3 Å². The highest BCUT2D eigenvalue weighted by atomic mass is 35.5. The quantitative estimate of drug-likeness (QED) is 0.701. The van der Waals surface area contributed by atoms with Gasteiger partial charge in [0, 0.05) is 10.6 Å². The van der Waals surface area contributed by atoms with Gasteiger partial charge >= 0.3 is 0 Å². The van der Waals surface area contributed by atoms with Gasteiger partial charge in [-0.3, -0.25) is 0 Å². The lowest BCUT2D eigenvalue weighted by Crippen LogP contribution is -2.07. The van der Waals surface area contributed by atoms with E-state index in [1.807, 2.05) is 32.0 Å². The first-order chi connectivity index (χ1) is 6.15. The molecule has 1 aromatic carbocycles. The first-order valence-corrected chi connectivity index (χ1v) is 5.06. The van der Waals surface area contributed by atoms with Gasteiger partial charge in [-0.15, -0.1) is 11.6 Å². The maximum absolute atomic E-state index is 5.95. The molecule has 0 saturated heterocycles. The fraction of sp³-hybridized carbons (Fsp3) is 0.400. The summed E-state index contributed by atoms with van der Waals surface area (Å²) in [5.74, 6) is 1.15. The van der Waals surface area contributed by atoms with Crippen molar-refractivity contribution >= 4 is 23.2 Å². The Hall–Kier alpha value is -0.400. The molecular weight excluding hydrogens is 207 g/mol. The van der Waals surface area contributed by atoms with Crippen molar-refractivity contribution in [3.05, 3.63) is 28.8 Å². The van der Waals surface area contributed by atoms with Gasteiger partial charge in [0.1, 0.15) is 5.75 Å². The van der Waals surface area contributed by atoms with Crippen LogP contribution in [0.25, 0.3) is 0 Å². The van der Waals surface area contributed by atoms with Crippen LogP contribution in [0.5, 0.6) is 5.75 Å². The zero-order chi connectivity index (χ0) is 9.84. The Morgan fingerprint density at radius 2 is 2.08 bits per heavy atom. The van der Waals surface area contributed by atoms with Crippen LogP contribution in [-0.4, -0.2) is 6.10 Å². The number of halogens is 2. The molecule has 0 spiro atoms. The van der Waals surface area contributed by atoms with Crippen LogP contribution in [-0.2, 0) is 5.88 Å². The van der Waals surface area contributed by atoms with Gasteiger partial charge in [-0.1, -0.05) is 17.7 Å². The summed E-state index contributed by atoms with van der Waals surface area (Å²) in [4.78, 5) is 0. The third-order valence-corrected chi connectivity index (χ3v) is 2.19. The number of benzene rings is 1. The minimum Gasteiger partial charge on any atom is -0.491 e. The van der Waals surface area contributed by atoms with Crippen molar-refractivity contribution in [1.82, 2.24) is 0 Å². The Morgan fingerprint density at radius 1 is 1.38 bits per heavy atom. The zero-order valence-electron chi connectivity index (χ0n) is 7.68. The van der Waals surface area contributed by atoms with Gasteiger partial charge in [0.25, 0.3) is 0 Å². The van der Waals surface area contributed by atoms with E-state index in [1.165, 1.54) is 0 Å². The van der Waals surface area contributed by atoms with Gasteiger partial charge < -0.3 is 4.74 Å². The maximum Gasteiger partial charge on any atom is 0.125 e. The lowest BCUT2D eigenvalue weighted by Gasteiger charge is -2.13. The molecule has 0 aliphatic heterocycles. The lowest BCUT2D eigenvalue weighted by molar-refractivity contribution is 0.240. The summed E-state index contributed by atoms with van der Waals surface area (Å²) < 4.78 is 5.55. The molecule has 0 aliphatic carbocycles. The summed E-state index contributed by atoms with van der Waals surface area (Å²) in [7, 11) is 0. The van der Waals surface area contributed by atoms with E-state index in [1.54, 1.807) is 0 Å². The molecule has 13 heavy (non-hydrogen) atoms. The van der Waals surface area contributed by atoms with Crippen molar-refractivity contribution in [2.75, 3.05) is 0 Å². The van der Waals surface area contributed by atoms with Crippen LogP contribution >= 0.6 is 23.2 Å². The fourth-order valence-electron chi connectivity index (χ4n) is 1.03. The molecule has 1 nitrogen and oxygen atoms in total. The summed E-state index contributed by atoms with van der Waals surface area (Å²) in [5.41, 5.74) is 0.861. The van der Waals surface area contributed by atoms with Gasteiger partial charge in [-0.05, 0) is 26.0 Å². The van der Waals surface area contributed by atoms with Crippen LogP contribution in [0.2, 0.25) is 5.02 Å². The molecule has 0 heterocycles. The summed E-state index contributed by atoms with van der Waals surface area (Å²) in [6, 6.07) is 5.55. The van der Waals surface area contributed by atoms with E-state index in [4.69, 9.17) is 27.9 Å². The molecule has 0 amide bonds. The van der Waals surface area contributed by atoms with Gasteiger partial charge in [0.2, 0.25) is 0 Å². The number of rotatable bonds is 3. The SMILES string of the molecule is CC(C)Oc1cccc(Cl)c1CCl. The second-order valence-electron chi connectivity index (χ2n) is 3.02. The van der Waals surface area contributed by atoms with Crippen LogP contribution < -0.4 is 4.74 Å². The topological polar surface area (TPSA) is 9.23 Å². The summed E-state index contributed by atoms with van der Waals surface area (Å²) in [5, 5.41) is 0.660. The van der Waals surface area contributed by atoms with E-state index in [-0.39, 0.29) is 6.10 Å². The maximum atomic E-state index is 5.95. The summed E-state index contributed by atoms with van der Waals surface area (Å²) in [6.45, 7) is 3.94. The average Bonchev–Trinajstić information content (AvgIpc) is 2.03. The molecule has 1 aromatic rings. The first kappa shape index (κ1) is 10.7. The number of hydrogen-bond acceptors (Lipinski definition) is 1. The van der Waals surface area contributed by atoms with E-state index < -0.39 is 0 Å². The molecule has 0 aromatic heterocycles. The van der Waals surface area contributed by atoms with E-state index in [0.29, 0.717) is 10.9 Å². The van der Waals surface area contributed by atoms with Gasteiger partial charge in [0.05, 0.1) is 12.0 Å². The molecule has 0 bridgehead atoms. The summed E-state index contributed by atoms with van der Waals surface area (Å²) >= 11 is 11.7. The minimum absolute atomic E-state index is 0.139. The Labute approximate surface area is 88.6 Å². The summed E-state index contributed by atoms with van der Waals surface area (Å²) in [6.07, 6.45) is 0.139. The van der Waals surface area contributed by atoms with Crippen LogP contribution in [0.3, 0.4) is 0 Å². The molecule has 0 unspecified atom stereocenters. The van der Waals surface area contributed by atoms with Gasteiger partial charge in [0.15, 0.2) is 0 Å². The molecule has 72 valence electrons. The third kappa shape index (κ3) is 2.78. The predicted molar refractivity (Wildman–Crippen MR) is 56.8 cm³/mol. The minimum atomic E-state index is 0.139. The van der Waals surface area contributed by atoms with Crippen molar-refractivity contribution in [2.24, 2.45) is 0 Å². The second-order valence-corrected chi connectivity index (χ2v) is 3.69. The Bertz CT molecular complexity index is 284. The Balaban J connectivity index is 2.98. The van der Waals surface area contributed by atoms with Crippen molar-refractivity contribution in [3.8, 4) is 5.75 Å². The molecule has 0 N–H and O–H groups in total. The van der Waals surface area contributed by atoms with Crippen molar-refractivity contribution in [1.29, 1.82) is 0 Å². The average molecular weight is 219 g/mol. The second kappa shape index (κ2) is 4.73. The largest absolute Gasteiger partial charge is 0.491 e. The smallest absolute Gasteiger partial charge is 0.125 e. The number of alkyl halides is 1. The van der Waals surface area contributed by atoms with Crippen LogP contribution in [0, 0.1) is 0 Å². The molecular formula is C10H12Cl2O. The van der Waals surface area contributed by atoms with E-state index >= 15 is 0 Å². The fourth-order valence-corrected chi connectivity index (χ4v) is 1.61. The molecule has 0 aliphatic rings. The Kier molecular flexibility index (Phi) is 3.89. The third-order valence-electron chi connectivity index (χ3n) is 1.57. The number of ether oxygens (including phenoxy) is 1. The van der Waals surface area contributed by atoms with Crippen LogP contribution in [0.15, 0.2) is 18.2 Å². The molecule has 1 rings (SSSR count). The van der Waals surface area contributed by atoms with E-state index in [2.05, 4.69) is 0 Å². The zero-order valence-corrected chi connectivity index (χ0v) is 9.19. The lowest BCUT2D eigenvalue weighted by atomic mass is 10.2. The highest BCUT2D eigenvalue weighted by molar-refractivity contribution is 6.32. The highest BCUT2D eigenvalue weighted by Crippen LogP contribution is 2.28. The van der Waals surface area contributed by atoms with Gasteiger partial charge in [-0.25, -0.2) is 0 Å². The van der Waals surface area contributed by atoms with Gasteiger partial charge in [-0.2, -0.15) is 0 Å². The molecule has 0 radical (unpaired) electrons. The highest BCUT2D eigenvalue weighted by Gasteiger charge is 2.07. The predicted octanol–water partition coefficient (Wildman–Crippen LogP) is 3.87.